The van der Waals surface area contributed by atoms with Crippen LogP contribution in [0.2, 0.25) is 0 Å². The summed E-state index contributed by atoms with van der Waals surface area (Å²) in [6.07, 6.45) is 3.15. The van der Waals surface area contributed by atoms with E-state index in [4.69, 9.17) is 0 Å². The lowest BCUT2D eigenvalue weighted by Gasteiger charge is -2.26. The van der Waals surface area contributed by atoms with Crippen molar-refractivity contribution in [1.29, 1.82) is 0 Å². The van der Waals surface area contributed by atoms with Crippen LogP contribution in [0.15, 0.2) is 18.6 Å². The Kier molecular flexibility index (Phi) is 5.25. The van der Waals surface area contributed by atoms with Crippen molar-refractivity contribution >= 4 is 11.6 Å². The SMILES string of the molecule is CC(C)C(C)C(=O)[C@@H](Nc1ccncn1)C(C)C. The lowest BCUT2D eigenvalue weighted by molar-refractivity contribution is -0.125. The number of Topliss-reactive ketones (excluding diaryl/α,β-unsaturated/α-hetero) is 1. The minimum Gasteiger partial charge on any atom is -0.360 e. The second-order valence-electron chi connectivity index (χ2n) is 5.40. The van der Waals surface area contributed by atoms with E-state index in [1.807, 2.05) is 20.8 Å². The van der Waals surface area contributed by atoms with Crippen LogP contribution in [0.3, 0.4) is 0 Å². The predicted molar refractivity (Wildman–Crippen MR) is 73.3 cm³/mol. The van der Waals surface area contributed by atoms with E-state index in [2.05, 4.69) is 29.1 Å². The van der Waals surface area contributed by atoms with Crippen LogP contribution in [0, 0.1) is 17.8 Å². The molecule has 18 heavy (non-hydrogen) atoms. The lowest BCUT2D eigenvalue weighted by atomic mass is 9.85. The molecule has 0 aromatic carbocycles. The Labute approximate surface area is 109 Å². The van der Waals surface area contributed by atoms with Gasteiger partial charge in [-0.1, -0.05) is 34.6 Å². The molecule has 1 rings (SSSR count). The van der Waals surface area contributed by atoms with Crippen molar-refractivity contribution in [3.63, 3.8) is 0 Å². The van der Waals surface area contributed by atoms with E-state index < -0.39 is 0 Å². The minimum absolute atomic E-state index is 0.0479. The molecular formula is C14H23N3O. The van der Waals surface area contributed by atoms with Gasteiger partial charge in [0, 0.05) is 12.1 Å². The Morgan fingerprint density at radius 2 is 1.83 bits per heavy atom. The van der Waals surface area contributed by atoms with E-state index in [0.717, 1.165) is 0 Å². The summed E-state index contributed by atoms with van der Waals surface area (Å²) in [5.74, 6) is 1.58. The Balaban J connectivity index is 2.81. The fraction of sp³-hybridized carbons (Fsp3) is 0.643. The second-order valence-corrected chi connectivity index (χ2v) is 5.40. The average Bonchev–Trinajstić information content (AvgIpc) is 2.35. The Morgan fingerprint density at radius 3 is 2.28 bits per heavy atom. The first-order valence-corrected chi connectivity index (χ1v) is 6.49. The van der Waals surface area contributed by atoms with Gasteiger partial charge >= 0.3 is 0 Å². The van der Waals surface area contributed by atoms with Gasteiger partial charge in [-0.2, -0.15) is 0 Å². The summed E-state index contributed by atoms with van der Waals surface area (Å²) in [5, 5.41) is 3.21. The van der Waals surface area contributed by atoms with Crippen LogP contribution in [0.5, 0.6) is 0 Å². The lowest BCUT2D eigenvalue weighted by Crippen LogP contribution is -2.39. The highest BCUT2D eigenvalue weighted by Crippen LogP contribution is 2.19. The van der Waals surface area contributed by atoms with Crippen molar-refractivity contribution in [2.24, 2.45) is 17.8 Å². The van der Waals surface area contributed by atoms with Crippen molar-refractivity contribution in [2.45, 2.75) is 40.7 Å². The smallest absolute Gasteiger partial charge is 0.158 e. The van der Waals surface area contributed by atoms with Gasteiger partial charge in [0.15, 0.2) is 5.78 Å². The summed E-state index contributed by atoms with van der Waals surface area (Å²) >= 11 is 0. The summed E-state index contributed by atoms with van der Waals surface area (Å²) in [7, 11) is 0. The van der Waals surface area contributed by atoms with E-state index in [9.17, 15) is 4.79 Å². The largest absolute Gasteiger partial charge is 0.360 e. The fourth-order valence-corrected chi connectivity index (χ4v) is 1.71. The number of carbonyl (C=O) groups excluding carboxylic acids is 1. The van der Waals surface area contributed by atoms with E-state index >= 15 is 0 Å². The molecule has 0 bridgehead atoms. The molecule has 1 unspecified atom stereocenters. The number of nitrogens with one attached hydrogen (secondary N) is 1. The molecule has 1 aromatic rings. The molecule has 0 aliphatic rings. The van der Waals surface area contributed by atoms with Crippen LogP contribution in [0.25, 0.3) is 0 Å². The van der Waals surface area contributed by atoms with Gasteiger partial charge in [0.1, 0.15) is 12.1 Å². The Morgan fingerprint density at radius 1 is 1.17 bits per heavy atom. The van der Waals surface area contributed by atoms with Gasteiger partial charge in [0.25, 0.3) is 0 Å². The third kappa shape index (κ3) is 3.79. The van der Waals surface area contributed by atoms with Gasteiger partial charge in [-0.15, -0.1) is 0 Å². The molecule has 0 aliphatic heterocycles. The molecule has 0 saturated carbocycles. The number of anilines is 1. The maximum atomic E-state index is 12.4. The van der Waals surface area contributed by atoms with Crippen LogP contribution in [0.1, 0.15) is 34.6 Å². The second kappa shape index (κ2) is 6.47. The standard InChI is InChI=1S/C14H23N3O/c1-9(2)11(5)14(18)13(10(3)4)17-12-6-7-15-8-16-12/h6-11,13H,1-5H3,(H,15,16,17)/t11?,13-/m0/s1. The first-order chi connectivity index (χ1) is 8.43. The third-order valence-electron chi connectivity index (χ3n) is 3.31. The number of ketones is 1. The number of aromatic nitrogens is 2. The zero-order chi connectivity index (χ0) is 13.7. The van der Waals surface area contributed by atoms with Crippen LogP contribution in [-0.4, -0.2) is 21.8 Å². The van der Waals surface area contributed by atoms with Gasteiger partial charge in [-0.05, 0) is 17.9 Å². The maximum Gasteiger partial charge on any atom is 0.158 e. The summed E-state index contributed by atoms with van der Waals surface area (Å²) in [6.45, 7) is 10.2. The predicted octanol–water partition coefficient (Wildman–Crippen LogP) is 2.77. The van der Waals surface area contributed by atoms with E-state index in [1.165, 1.54) is 6.33 Å². The molecule has 4 heteroatoms. The third-order valence-corrected chi connectivity index (χ3v) is 3.31. The van der Waals surface area contributed by atoms with Crippen molar-refractivity contribution in [3.05, 3.63) is 18.6 Å². The molecule has 0 spiro atoms. The highest BCUT2D eigenvalue weighted by molar-refractivity contribution is 5.88. The molecule has 0 radical (unpaired) electrons. The summed E-state index contributed by atoms with van der Waals surface area (Å²) in [5.41, 5.74) is 0. The monoisotopic (exact) mass is 249 g/mol. The molecule has 1 aromatic heterocycles. The van der Waals surface area contributed by atoms with E-state index in [-0.39, 0.29) is 23.7 Å². The molecule has 1 N–H and O–H groups in total. The summed E-state index contributed by atoms with van der Waals surface area (Å²) < 4.78 is 0. The van der Waals surface area contributed by atoms with Crippen LogP contribution in [-0.2, 0) is 4.79 Å². The van der Waals surface area contributed by atoms with Crippen molar-refractivity contribution in [3.8, 4) is 0 Å². The molecule has 0 fully saturated rings. The van der Waals surface area contributed by atoms with Crippen molar-refractivity contribution < 1.29 is 4.79 Å². The molecule has 100 valence electrons. The highest BCUT2D eigenvalue weighted by atomic mass is 16.1. The van der Waals surface area contributed by atoms with Crippen LogP contribution < -0.4 is 5.32 Å². The molecule has 2 atom stereocenters. The number of hydrogen-bond acceptors (Lipinski definition) is 4. The highest BCUT2D eigenvalue weighted by Gasteiger charge is 2.28. The molecule has 1 heterocycles. The van der Waals surface area contributed by atoms with Crippen molar-refractivity contribution in [2.75, 3.05) is 5.32 Å². The van der Waals surface area contributed by atoms with Gasteiger partial charge in [0.2, 0.25) is 0 Å². The fourth-order valence-electron chi connectivity index (χ4n) is 1.71. The van der Waals surface area contributed by atoms with Gasteiger partial charge in [0.05, 0.1) is 6.04 Å². The quantitative estimate of drug-likeness (QED) is 0.842. The number of rotatable bonds is 6. The van der Waals surface area contributed by atoms with E-state index in [1.54, 1.807) is 12.3 Å². The first kappa shape index (κ1) is 14.6. The van der Waals surface area contributed by atoms with E-state index in [0.29, 0.717) is 11.7 Å². The Hall–Kier alpha value is -1.45. The van der Waals surface area contributed by atoms with Gasteiger partial charge in [-0.25, -0.2) is 9.97 Å². The number of nitrogens with zero attached hydrogens (tertiary/aromatic N) is 2. The van der Waals surface area contributed by atoms with Crippen molar-refractivity contribution in [1.82, 2.24) is 9.97 Å². The number of carbonyl (C=O) groups is 1. The molecule has 0 amide bonds. The molecule has 0 aliphatic carbocycles. The molecular weight excluding hydrogens is 226 g/mol. The Bertz CT molecular complexity index is 376. The normalized spacial score (nSPS) is 14.6. The summed E-state index contributed by atoms with van der Waals surface area (Å²) in [6, 6.07) is 1.58. The maximum absolute atomic E-state index is 12.4. The molecule has 0 saturated heterocycles. The average molecular weight is 249 g/mol. The zero-order valence-electron chi connectivity index (χ0n) is 11.8. The van der Waals surface area contributed by atoms with Crippen LogP contribution in [0.4, 0.5) is 5.82 Å². The van der Waals surface area contributed by atoms with Crippen LogP contribution >= 0.6 is 0 Å². The van der Waals surface area contributed by atoms with Gasteiger partial charge in [-0.3, -0.25) is 4.79 Å². The van der Waals surface area contributed by atoms with Gasteiger partial charge < -0.3 is 5.32 Å². The number of hydrogen-bond donors (Lipinski definition) is 1. The topological polar surface area (TPSA) is 54.9 Å². The summed E-state index contributed by atoms with van der Waals surface area (Å²) in [4.78, 5) is 20.4. The first-order valence-electron chi connectivity index (χ1n) is 6.49. The molecule has 4 nitrogen and oxygen atoms in total. The zero-order valence-corrected chi connectivity index (χ0v) is 11.8. The minimum atomic E-state index is -0.197.